The third kappa shape index (κ3) is 4.23. The van der Waals surface area contributed by atoms with Crippen molar-refractivity contribution in [2.45, 2.75) is 15.8 Å². The summed E-state index contributed by atoms with van der Waals surface area (Å²) < 4.78 is 60.7. The first-order valence-electron chi connectivity index (χ1n) is 5.89. The fourth-order valence-electron chi connectivity index (χ4n) is 1.77. The molecule has 1 heterocycles. The van der Waals surface area contributed by atoms with Crippen molar-refractivity contribution in [3.8, 4) is 17.6 Å². The van der Waals surface area contributed by atoms with Gasteiger partial charge in [0.15, 0.2) is 5.69 Å². The maximum absolute atomic E-state index is 13.0. The van der Waals surface area contributed by atoms with Gasteiger partial charge in [0.25, 0.3) is 0 Å². The lowest BCUT2D eigenvalue weighted by Gasteiger charge is -2.13. The highest BCUT2D eigenvalue weighted by Gasteiger charge is 2.35. The van der Waals surface area contributed by atoms with Crippen molar-refractivity contribution >= 4 is 46.6 Å². The monoisotopic (exact) mass is 437 g/mol. The van der Waals surface area contributed by atoms with Gasteiger partial charge in [0.05, 0.1) is 15.6 Å². The van der Waals surface area contributed by atoms with Crippen molar-refractivity contribution in [1.82, 2.24) is 9.78 Å². The molecule has 1 aromatic carbocycles. The molecule has 0 saturated carbocycles. The molecule has 0 atom stereocenters. The molecular formula is C12H3Cl3F5N3OS. The zero-order valence-corrected chi connectivity index (χ0v) is 14.5. The third-order valence-electron chi connectivity index (χ3n) is 2.70. The summed E-state index contributed by atoms with van der Waals surface area (Å²) in [6.07, 6.45) is -4.74. The fourth-order valence-corrected chi connectivity index (χ4v) is 3.24. The Hall–Kier alpha value is -1.41. The van der Waals surface area contributed by atoms with Gasteiger partial charge in [-0.2, -0.15) is 37.0 Å². The van der Waals surface area contributed by atoms with E-state index in [1.54, 1.807) is 0 Å². The van der Waals surface area contributed by atoms with E-state index in [0.717, 1.165) is 0 Å². The first kappa shape index (κ1) is 19.9. The largest absolute Gasteiger partial charge is 0.492 e. The SMILES string of the molecule is N#Cc1nn(-c2c(Cl)cc(C(F)(F)F)cc2Cl)c(O)c1SC(F)(F)Cl. The molecule has 0 aliphatic heterocycles. The number of aromatic hydroxyl groups is 1. The van der Waals surface area contributed by atoms with Crippen LogP contribution in [0.15, 0.2) is 17.0 Å². The summed E-state index contributed by atoms with van der Waals surface area (Å²) >= 11 is 15.9. The standard InChI is InChI=1S/C12H3Cl3F5N3OS/c13-5-1-4(11(16,17)18)2-6(14)8(5)23-10(24)9(7(3-21)22-23)25-12(15,19)20/h1-2,24H. The highest BCUT2D eigenvalue weighted by Crippen LogP contribution is 2.46. The maximum atomic E-state index is 13.0. The van der Waals surface area contributed by atoms with Crippen molar-refractivity contribution in [3.63, 3.8) is 0 Å². The van der Waals surface area contributed by atoms with Crippen LogP contribution in [0.5, 0.6) is 5.88 Å². The van der Waals surface area contributed by atoms with Crippen LogP contribution in [0.4, 0.5) is 22.0 Å². The van der Waals surface area contributed by atoms with Gasteiger partial charge in [0.2, 0.25) is 5.88 Å². The van der Waals surface area contributed by atoms with E-state index in [1.165, 1.54) is 6.07 Å². The molecule has 13 heteroatoms. The Bertz CT molecular complexity index is 850. The molecule has 2 rings (SSSR count). The van der Waals surface area contributed by atoms with Gasteiger partial charge in [-0.3, -0.25) is 0 Å². The summed E-state index contributed by atoms with van der Waals surface area (Å²) in [5.41, 5.74) is -2.23. The molecular weight excluding hydrogens is 436 g/mol. The molecule has 0 unspecified atom stereocenters. The smallest absolute Gasteiger partial charge is 0.416 e. The lowest BCUT2D eigenvalue weighted by molar-refractivity contribution is -0.137. The lowest BCUT2D eigenvalue weighted by atomic mass is 10.2. The number of hydrogen-bond donors (Lipinski definition) is 1. The van der Waals surface area contributed by atoms with E-state index in [-0.39, 0.29) is 11.8 Å². The van der Waals surface area contributed by atoms with Crippen LogP contribution in [0.25, 0.3) is 5.69 Å². The molecule has 1 aromatic heterocycles. The average molecular weight is 439 g/mol. The van der Waals surface area contributed by atoms with Crippen LogP contribution in [0, 0.1) is 11.3 Å². The molecule has 4 nitrogen and oxygen atoms in total. The van der Waals surface area contributed by atoms with Crippen molar-refractivity contribution in [3.05, 3.63) is 33.4 Å². The fraction of sp³-hybridized carbons (Fsp3) is 0.167. The number of nitrogens with zero attached hydrogens (tertiary/aromatic N) is 3. The topological polar surface area (TPSA) is 61.8 Å². The number of alkyl halides is 6. The normalized spacial score (nSPS) is 12.3. The first-order valence-corrected chi connectivity index (χ1v) is 7.84. The van der Waals surface area contributed by atoms with E-state index < -0.39 is 48.7 Å². The second kappa shape index (κ2) is 6.72. The van der Waals surface area contributed by atoms with Crippen LogP contribution < -0.4 is 0 Å². The maximum Gasteiger partial charge on any atom is 0.416 e. The number of hydrogen-bond acceptors (Lipinski definition) is 4. The molecule has 0 amide bonds. The number of thioether (sulfide) groups is 1. The minimum absolute atomic E-state index is 0.377. The minimum Gasteiger partial charge on any atom is -0.492 e. The van der Waals surface area contributed by atoms with Crippen LogP contribution in [-0.2, 0) is 6.18 Å². The summed E-state index contributed by atoms with van der Waals surface area (Å²) in [6, 6.07) is 2.48. The Morgan fingerprint density at radius 3 is 2.08 bits per heavy atom. The molecule has 0 saturated heterocycles. The number of nitriles is 1. The van der Waals surface area contributed by atoms with Crippen LogP contribution in [0.2, 0.25) is 10.0 Å². The zero-order valence-electron chi connectivity index (χ0n) is 11.4. The van der Waals surface area contributed by atoms with Crippen LogP contribution in [0.1, 0.15) is 11.3 Å². The van der Waals surface area contributed by atoms with Crippen LogP contribution in [-0.4, -0.2) is 19.6 Å². The van der Waals surface area contributed by atoms with Crippen molar-refractivity contribution in [2.75, 3.05) is 0 Å². The van der Waals surface area contributed by atoms with Crippen molar-refractivity contribution in [1.29, 1.82) is 5.26 Å². The number of halogens is 8. The molecule has 25 heavy (non-hydrogen) atoms. The van der Waals surface area contributed by atoms with Crippen LogP contribution in [0.3, 0.4) is 0 Å². The first-order chi connectivity index (χ1) is 11.3. The molecule has 0 fully saturated rings. The van der Waals surface area contributed by atoms with E-state index in [4.69, 9.17) is 40.1 Å². The van der Waals surface area contributed by atoms with Crippen LogP contribution >= 0.6 is 46.6 Å². The lowest BCUT2D eigenvalue weighted by Crippen LogP contribution is -2.07. The Kier molecular flexibility index (Phi) is 5.35. The van der Waals surface area contributed by atoms with Gasteiger partial charge in [-0.05, 0) is 35.5 Å². The summed E-state index contributed by atoms with van der Waals surface area (Å²) in [4.78, 5) is -0.686. The third-order valence-corrected chi connectivity index (χ3v) is 4.32. The number of benzene rings is 1. The highest BCUT2D eigenvalue weighted by molar-refractivity contribution is 8.01. The predicted molar refractivity (Wildman–Crippen MR) is 81.6 cm³/mol. The Labute approximate surface area is 155 Å². The molecule has 0 aliphatic carbocycles. The summed E-state index contributed by atoms with van der Waals surface area (Å²) in [5, 5.41) is 21.4. The van der Waals surface area contributed by atoms with Gasteiger partial charge in [-0.1, -0.05) is 23.2 Å². The van der Waals surface area contributed by atoms with E-state index >= 15 is 0 Å². The van der Waals surface area contributed by atoms with E-state index in [1.807, 2.05) is 0 Å². The average Bonchev–Trinajstić information content (AvgIpc) is 2.73. The number of aromatic nitrogens is 2. The Balaban J connectivity index is 2.66. The predicted octanol–water partition coefficient (Wildman–Crippen LogP) is 5.66. The minimum atomic E-state index is -4.74. The summed E-state index contributed by atoms with van der Waals surface area (Å²) in [7, 11) is 0. The van der Waals surface area contributed by atoms with Gasteiger partial charge < -0.3 is 5.11 Å². The Morgan fingerprint density at radius 2 is 1.68 bits per heavy atom. The second-order valence-electron chi connectivity index (χ2n) is 4.36. The quantitative estimate of drug-likeness (QED) is 0.382. The highest BCUT2D eigenvalue weighted by atomic mass is 35.5. The van der Waals surface area contributed by atoms with Gasteiger partial charge in [-0.15, -0.1) is 0 Å². The van der Waals surface area contributed by atoms with Gasteiger partial charge in [0.1, 0.15) is 16.7 Å². The van der Waals surface area contributed by atoms with Gasteiger partial charge in [0, 0.05) is 0 Å². The van der Waals surface area contributed by atoms with E-state index in [2.05, 4.69) is 5.10 Å². The van der Waals surface area contributed by atoms with Gasteiger partial charge >= 0.3 is 10.9 Å². The van der Waals surface area contributed by atoms with Crippen molar-refractivity contribution in [2.24, 2.45) is 0 Å². The number of rotatable bonds is 3. The molecule has 134 valence electrons. The molecule has 0 spiro atoms. The second-order valence-corrected chi connectivity index (χ2v) is 7.00. The summed E-state index contributed by atoms with van der Waals surface area (Å²) in [6.45, 7) is 0. The molecule has 0 bridgehead atoms. The molecule has 0 radical (unpaired) electrons. The molecule has 1 N–H and O–H groups in total. The van der Waals surface area contributed by atoms with Gasteiger partial charge in [-0.25, -0.2) is 0 Å². The molecule has 2 aromatic rings. The Morgan fingerprint density at radius 1 is 1.16 bits per heavy atom. The zero-order chi connectivity index (χ0) is 19.2. The van der Waals surface area contributed by atoms with Crippen molar-refractivity contribution < 1.29 is 27.1 Å². The van der Waals surface area contributed by atoms with E-state index in [9.17, 15) is 27.1 Å². The summed E-state index contributed by atoms with van der Waals surface area (Å²) in [5.74, 6) is -0.981. The van der Waals surface area contributed by atoms with E-state index in [0.29, 0.717) is 16.8 Å². The molecule has 0 aliphatic rings.